The third-order valence-electron chi connectivity index (χ3n) is 18.1. The average molecular weight is 1180 g/mol. The van der Waals surface area contributed by atoms with E-state index in [9.17, 15) is 17.0 Å². The first-order valence-corrected chi connectivity index (χ1v) is 46.7. The quantitative estimate of drug-likeness (QED) is 0.0560. The van der Waals surface area contributed by atoms with Crippen LogP contribution in [0.4, 0.5) is 0 Å². The van der Waals surface area contributed by atoms with Crippen LogP contribution < -0.4 is 0 Å². The van der Waals surface area contributed by atoms with Crippen LogP contribution >= 0.6 is 17.0 Å². The molecule has 0 amide bonds. The van der Waals surface area contributed by atoms with Gasteiger partial charge in [0.2, 0.25) is 0 Å². The van der Waals surface area contributed by atoms with E-state index < -0.39 is 21.5 Å². The number of rotatable bonds is 19. The molecule has 2 aliphatic carbocycles. The van der Waals surface area contributed by atoms with Gasteiger partial charge in [0.05, 0.1) is 0 Å². The summed E-state index contributed by atoms with van der Waals surface area (Å²) in [5, 5.41) is 0. The van der Waals surface area contributed by atoms with Crippen molar-refractivity contribution in [1.29, 1.82) is 0 Å². The van der Waals surface area contributed by atoms with Crippen LogP contribution in [0.25, 0.3) is 56.7 Å². The molecular formula is C74H97Cl2SiZr. The molecule has 0 saturated heterocycles. The van der Waals surface area contributed by atoms with E-state index in [-0.39, 0.29) is 28.9 Å². The van der Waals surface area contributed by atoms with Crippen molar-refractivity contribution in [3.05, 3.63) is 177 Å². The zero-order valence-electron chi connectivity index (χ0n) is 51.2. The molecule has 78 heavy (non-hydrogen) atoms. The van der Waals surface area contributed by atoms with Gasteiger partial charge in [-0.25, -0.2) is 0 Å². The molecule has 2 unspecified atom stereocenters. The predicted octanol–water partition coefficient (Wildman–Crippen LogP) is 23.8. The normalized spacial score (nSPS) is 16.5. The summed E-state index contributed by atoms with van der Waals surface area (Å²) in [7, 11) is 19.4. The Labute approximate surface area is 484 Å². The van der Waals surface area contributed by atoms with Gasteiger partial charge in [-0.3, -0.25) is 0 Å². The van der Waals surface area contributed by atoms with Gasteiger partial charge < -0.3 is 0 Å². The Bertz CT molecular complexity index is 2900. The number of allylic oxidation sites excluding steroid dienone is 2. The number of benzene rings is 6. The van der Waals surface area contributed by atoms with Crippen LogP contribution in [-0.4, -0.2) is 5.92 Å². The van der Waals surface area contributed by atoms with Crippen LogP contribution in [0.3, 0.4) is 0 Å². The molecule has 415 valence electrons. The second-order valence-corrected chi connectivity index (χ2v) is 70.8. The van der Waals surface area contributed by atoms with Crippen LogP contribution in [-0.2, 0) is 37.2 Å². The maximum atomic E-state index is 9.69. The molecule has 0 nitrogen and oxygen atoms in total. The molecule has 2 aliphatic rings. The van der Waals surface area contributed by atoms with E-state index in [0.717, 1.165) is 25.7 Å². The van der Waals surface area contributed by atoms with Crippen LogP contribution in [0, 0.1) is 0 Å². The number of fused-ring (bicyclic) bond motifs is 2. The summed E-state index contributed by atoms with van der Waals surface area (Å²) in [4.78, 5) is 0. The Balaban J connectivity index is 1.46. The fourth-order valence-electron chi connectivity index (χ4n) is 13.1. The molecule has 0 spiro atoms. The SMILES string of the molecule is CCCCCCCC1=Cc2c(-c3ccc(C(C)(C)C)cc3)ccc(-c3ccc(C(C)(C)C)cc3)c2[CH]1[Zr]([Cl])([Cl])([CH]1C(CCCCCCC)=Cc2c(-c3ccc(C(C)(C)C)cc3)ccc(-c3ccc(C(C)(C)C)cc3)c21)[SiH](C)C. The molecule has 0 heterocycles. The van der Waals surface area contributed by atoms with Crippen LogP contribution in [0.1, 0.15) is 226 Å². The van der Waals surface area contributed by atoms with E-state index >= 15 is 0 Å². The first-order valence-electron chi connectivity index (χ1n) is 30.4. The fourth-order valence-corrected chi connectivity index (χ4v) is 44.3. The predicted molar refractivity (Wildman–Crippen MR) is 348 cm³/mol. The van der Waals surface area contributed by atoms with Crippen LogP contribution in [0.5, 0.6) is 0 Å². The van der Waals surface area contributed by atoms with Gasteiger partial charge in [0.15, 0.2) is 0 Å². The standard InChI is InChI=1S/2C36H45.C2H7Si.2ClH.Zr/c2*1-8-9-10-11-12-13-26-24-33-31(27-14-18-29(19-15-27)35(2,3)4)22-23-32(34(33)25-26)28-16-20-30(21-17-28)36(5,6)7;1-3-2;;;/h2*14-25H,8-13H2,1-7H3;3H,1-2H3;2*1H;/q;;;;;+2/p-2. The summed E-state index contributed by atoms with van der Waals surface area (Å²) >= 11 is -5.52. The van der Waals surface area contributed by atoms with Crippen LogP contribution in [0.2, 0.25) is 13.1 Å². The van der Waals surface area contributed by atoms with Crippen LogP contribution in [0.15, 0.2) is 132 Å². The summed E-state index contributed by atoms with van der Waals surface area (Å²) in [5.74, 6) is -1.98. The first kappa shape index (κ1) is 60.6. The summed E-state index contributed by atoms with van der Waals surface area (Å²) in [5.41, 5.74) is 24.3. The minimum absolute atomic E-state index is 0.0388. The number of unbranched alkanes of at least 4 members (excludes halogenated alkanes) is 8. The van der Waals surface area contributed by atoms with Gasteiger partial charge >= 0.3 is 488 Å². The van der Waals surface area contributed by atoms with Gasteiger partial charge in [0, 0.05) is 0 Å². The third-order valence-corrected chi connectivity index (χ3v) is 69.9. The van der Waals surface area contributed by atoms with E-state index in [1.54, 1.807) is 0 Å². The zero-order chi connectivity index (χ0) is 56.6. The maximum absolute atomic E-state index is 9.69. The van der Waals surface area contributed by atoms with Crippen molar-refractivity contribution in [1.82, 2.24) is 0 Å². The first-order chi connectivity index (χ1) is 36.7. The molecule has 6 aromatic carbocycles. The van der Waals surface area contributed by atoms with E-state index in [1.807, 2.05) is 0 Å². The average Bonchev–Trinajstić information content (AvgIpc) is 3.26. The molecular weight excluding hydrogens is 1080 g/mol. The van der Waals surface area contributed by atoms with Gasteiger partial charge in [0.25, 0.3) is 0 Å². The molecule has 0 bridgehead atoms. The zero-order valence-corrected chi connectivity index (χ0v) is 56.3. The van der Waals surface area contributed by atoms with E-state index in [1.165, 1.54) is 152 Å². The minimum atomic E-state index is -5.52. The molecule has 0 aliphatic heterocycles. The second kappa shape index (κ2) is 23.8. The summed E-state index contributed by atoms with van der Waals surface area (Å²) < 4.78 is -0.113. The summed E-state index contributed by atoms with van der Waals surface area (Å²) in [6, 6.07) is 47.8. The van der Waals surface area contributed by atoms with E-state index in [2.05, 4.69) is 244 Å². The molecule has 0 radical (unpaired) electrons. The molecule has 0 N–H and O–H groups in total. The van der Waals surface area contributed by atoms with E-state index in [0.29, 0.717) is 0 Å². The van der Waals surface area contributed by atoms with E-state index in [4.69, 9.17) is 0 Å². The van der Waals surface area contributed by atoms with Gasteiger partial charge in [0.1, 0.15) is 0 Å². The Morgan fingerprint density at radius 1 is 0.359 bits per heavy atom. The van der Waals surface area contributed by atoms with Crippen molar-refractivity contribution in [3.63, 3.8) is 0 Å². The number of hydrogen-bond acceptors (Lipinski definition) is 0. The van der Waals surface area contributed by atoms with Gasteiger partial charge in [-0.15, -0.1) is 0 Å². The Morgan fingerprint density at radius 2 is 0.615 bits per heavy atom. The number of halogens is 2. The molecule has 0 fully saturated rings. The van der Waals surface area contributed by atoms with Crippen molar-refractivity contribution in [2.75, 3.05) is 0 Å². The molecule has 4 heteroatoms. The Morgan fingerprint density at radius 3 is 0.872 bits per heavy atom. The van der Waals surface area contributed by atoms with Crippen molar-refractivity contribution in [3.8, 4) is 44.5 Å². The molecule has 0 saturated carbocycles. The monoisotopic (exact) mass is 1170 g/mol. The Hall–Kier alpha value is -3.52. The Kier molecular flexibility index (Phi) is 18.4. The fraction of sp³-hybridized carbons (Fsp3) is 0.459. The summed E-state index contributed by atoms with van der Waals surface area (Å²) in [6.07, 6.45) is 19.5. The topological polar surface area (TPSA) is 0 Å². The van der Waals surface area contributed by atoms with Crippen molar-refractivity contribution in [2.24, 2.45) is 0 Å². The van der Waals surface area contributed by atoms with Crippen molar-refractivity contribution in [2.45, 2.75) is 216 Å². The summed E-state index contributed by atoms with van der Waals surface area (Å²) in [6.45, 7) is 37.6. The number of hydrogen-bond donors (Lipinski definition) is 0. The molecule has 6 aromatic rings. The van der Waals surface area contributed by atoms with Gasteiger partial charge in [-0.05, 0) is 0 Å². The third kappa shape index (κ3) is 12.4. The molecule has 0 aromatic heterocycles. The van der Waals surface area contributed by atoms with Gasteiger partial charge in [-0.2, -0.15) is 0 Å². The van der Waals surface area contributed by atoms with Crippen molar-refractivity contribution >= 4 is 35.1 Å². The van der Waals surface area contributed by atoms with Gasteiger partial charge in [-0.1, -0.05) is 0 Å². The second-order valence-electron chi connectivity index (χ2n) is 28.3. The van der Waals surface area contributed by atoms with Crippen molar-refractivity contribution < 1.29 is 15.6 Å². The molecule has 8 rings (SSSR count). The molecule has 2 atom stereocenters.